The van der Waals surface area contributed by atoms with E-state index in [0.29, 0.717) is 5.82 Å². The van der Waals surface area contributed by atoms with E-state index >= 15 is 0 Å². The Balaban J connectivity index is 1.23. The summed E-state index contributed by atoms with van der Waals surface area (Å²) >= 11 is 0. The van der Waals surface area contributed by atoms with Crippen molar-refractivity contribution < 1.29 is 4.42 Å². The summed E-state index contributed by atoms with van der Waals surface area (Å²) in [5.74, 6) is 0.678. The quantitative estimate of drug-likeness (QED) is 0.189. The Labute approximate surface area is 300 Å². The average molecular weight is 664 g/mol. The van der Waals surface area contributed by atoms with Gasteiger partial charge in [-0.3, -0.25) is 4.98 Å². The van der Waals surface area contributed by atoms with Gasteiger partial charge >= 0.3 is 0 Å². The normalized spacial score (nSPS) is 15.3. The van der Waals surface area contributed by atoms with Crippen LogP contribution in [0.1, 0.15) is 33.4 Å². The highest BCUT2D eigenvalue weighted by Crippen LogP contribution is 2.59. The molecule has 0 bridgehead atoms. The molecule has 1 spiro atoms. The fourth-order valence-corrected chi connectivity index (χ4v) is 8.54. The van der Waals surface area contributed by atoms with Gasteiger partial charge in [0.2, 0.25) is 0 Å². The van der Waals surface area contributed by atoms with Crippen molar-refractivity contribution in [2.45, 2.75) is 5.41 Å². The lowest BCUT2D eigenvalue weighted by molar-refractivity contribution is 0.668. The van der Waals surface area contributed by atoms with Crippen LogP contribution in [0.2, 0.25) is 0 Å². The van der Waals surface area contributed by atoms with Gasteiger partial charge in [0, 0.05) is 39.9 Å². The molecule has 52 heavy (non-hydrogen) atoms. The van der Waals surface area contributed by atoms with E-state index in [-0.39, 0.29) is 0 Å². The molecule has 242 valence electrons. The highest BCUT2D eigenvalue weighted by atomic mass is 16.3. The molecule has 0 saturated heterocycles. The van der Waals surface area contributed by atoms with Gasteiger partial charge < -0.3 is 4.42 Å². The third-order valence-corrected chi connectivity index (χ3v) is 10.8. The molecule has 0 radical (unpaired) electrons. The van der Waals surface area contributed by atoms with E-state index in [9.17, 15) is 0 Å². The van der Waals surface area contributed by atoms with Gasteiger partial charge in [0.15, 0.2) is 5.82 Å². The van der Waals surface area contributed by atoms with Gasteiger partial charge in [-0.25, -0.2) is 9.97 Å². The number of benzene rings is 6. The highest BCUT2D eigenvalue weighted by molar-refractivity contribution is 6.08. The predicted octanol–water partition coefficient (Wildman–Crippen LogP) is 11.6. The molecule has 3 aromatic heterocycles. The van der Waals surface area contributed by atoms with Crippen LogP contribution >= 0.6 is 0 Å². The number of nitrogens with zero attached hydrogens (tertiary/aromatic N) is 3. The second-order valence-electron chi connectivity index (χ2n) is 13.6. The van der Waals surface area contributed by atoms with Gasteiger partial charge in [-0.1, -0.05) is 121 Å². The Morgan fingerprint density at radius 2 is 1.17 bits per heavy atom. The topological polar surface area (TPSA) is 51.8 Å². The summed E-state index contributed by atoms with van der Waals surface area (Å²) in [5.41, 5.74) is 15.6. The molecular formula is C48H29N3O. The predicted molar refractivity (Wildman–Crippen MR) is 210 cm³/mol. The summed E-state index contributed by atoms with van der Waals surface area (Å²) in [5, 5.41) is 2.25. The Morgan fingerprint density at radius 1 is 0.442 bits per heavy atom. The Kier molecular flexibility index (Phi) is 6.13. The second-order valence-corrected chi connectivity index (χ2v) is 13.6. The first-order chi connectivity index (χ1) is 25.8. The molecular weight excluding hydrogens is 635 g/mol. The van der Waals surface area contributed by atoms with Crippen LogP contribution in [0.4, 0.5) is 0 Å². The molecule has 3 heterocycles. The molecule has 0 saturated carbocycles. The number of rotatable bonds is 3. The van der Waals surface area contributed by atoms with Gasteiger partial charge in [-0.2, -0.15) is 0 Å². The molecule has 1 atom stereocenters. The minimum Gasteiger partial charge on any atom is -0.456 e. The third-order valence-electron chi connectivity index (χ3n) is 10.8. The fourth-order valence-electron chi connectivity index (χ4n) is 8.54. The molecule has 0 amide bonds. The molecule has 2 aliphatic carbocycles. The van der Waals surface area contributed by atoms with E-state index in [1.165, 1.54) is 44.5 Å². The summed E-state index contributed by atoms with van der Waals surface area (Å²) < 4.78 is 6.47. The first kappa shape index (κ1) is 28.9. The number of para-hydroxylation sites is 1. The molecule has 1 unspecified atom stereocenters. The van der Waals surface area contributed by atoms with Gasteiger partial charge in [0.25, 0.3) is 0 Å². The second kappa shape index (κ2) is 11.0. The maximum absolute atomic E-state index is 6.47. The number of aromatic nitrogens is 3. The zero-order valence-corrected chi connectivity index (χ0v) is 28.0. The lowest BCUT2D eigenvalue weighted by Crippen LogP contribution is -2.30. The van der Waals surface area contributed by atoms with Crippen LogP contribution in [0.25, 0.3) is 79.1 Å². The first-order valence-electron chi connectivity index (χ1n) is 17.6. The van der Waals surface area contributed by atoms with Crippen LogP contribution in [0.3, 0.4) is 0 Å². The van der Waals surface area contributed by atoms with Crippen LogP contribution in [0.5, 0.6) is 0 Å². The van der Waals surface area contributed by atoms with Crippen molar-refractivity contribution >= 4 is 34.1 Å². The molecule has 0 aliphatic heterocycles. The largest absolute Gasteiger partial charge is 0.456 e. The van der Waals surface area contributed by atoms with Crippen LogP contribution in [0.15, 0.2) is 168 Å². The molecule has 0 N–H and O–H groups in total. The summed E-state index contributed by atoms with van der Waals surface area (Å²) in [6.45, 7) is 0. The van der Waals surface area contributed by atoms with Crippen molar-refractivity contribution in [2.75, 3.05) is 0 Å². The van der Waals surface area contributed by atoms with Crippen molar-refractivity contribution in [3.63, 3.8) is 0 Å². The molecule has 4 nitrogen and oxygen atoms in total. The van der Waals surface area contributed by atoms with Gasteiger partial charge in [0.05, 0.1) is 16.8 Å². The minimum absolute atomic E-state index is 0.606. The van der Waals surface area contributed by atoms with Crippen molar-refractivity contribution in [1.29, 1.82) is 0 Å². The highest BCUT2D eigenvalue weighted by Gasteiger charge is 2.49. The van der Waals surface area contributed by atoms with Crippen LogP contribution in [-0.4, -0.2) is 15.0 Å². The van der Waals surface area contributed by atoms with Crippen LogP contribution in [0, 0.1) is 0 Å². The Morgan fingerprint density at radius 3 is 2.04 bits per heavy atom. The SMILES string of the molecule is C1=Cc2ccc(-c3cc(-c4cccnc4)nc(-c4ccccc4)n3)cc2C2(c3ccccc31)c1ccccc1-c1cc3oc4ccccc4c3cc12. The van der Waals surface area contributed by atoms with Crippen molar-refractivity contribution in [2.24, 2.45) is 0 Å². The van der Waals surface area contributed by atoms with Crippen molar-refractivity contribution in [1.82, 2.24) is 15.0 Å². The average Bonchev–Trinajstić information content (AvgIpc) is 3.67. The van der Waals surface area contributed by atoms with Crippen LogP contribution < -0.4 is 0 Å². The van der Waals surface area contributed by atoms with Crippen LogP contribution in [-0.2, 0) is 5.41 Å². The maximum atomic E-state index is 6.47. The molecule has 4 heteroatoms. The van der Waals surface area contributed by atoms with Gasteiger partial charge in [-0.05, 0) is 87.0 Å². The van der Waals surface area contributed by atoms with E-state index in [2.05, 4.69) is 132 Å². The molecule has 2 aliphatic rings. The number of fused-ring (bicyclic) bond motifs is 12. The Bertz CT molecular complexity index is 2850. The number of hydrogen-bond acceptors (Lipinski definition) is 4. The minimum atomic E-state index is -0.606. The lowest BCUT2D eigenvalue weighted by Gasteiger charge is -2.35. The zero-order valence-electron chi connectivity index (χ0n) is 28.0. The number of pyridine rings is 1. The molecule has 11 rings (SSSR count). The van der Waals surface area contributed by atoms with E-state index in [4.69, 9.17) is 14.4 Å². The van der Waals surface area contributed by atoms with E-state index in [0.717, 1.165) is 50.0 Å². The van der Waals surface area contributed by atoms with E-state index in [1.54, 1.807) is 6.20 Å². The zero-order chi connectivity index (χ0) is 34.2. The summed E-state index contributed by atoms with van der Waals surface area (Å²) in [4.78, 5) is 14.7. The maximum Gasteiger partial charge on any atom is 0.160 e. The molecule has 0 fully saturated rings. The monoisotopic (exact) mass is 663 g/mol. The Hall–Kier alpha value is -6.91. The van der Waals surface area contributed by atoms with Crippen molar-refractivity contribution in [3.05, 3.63) is 197 Å². The summed E-state index contributed by atoms with van der Waals surface area (Å²) in [6, 6.07) is 53.9. The first-order valence-corrected chi connectivity index (χ1v) is 17.6. The summed E-state index contributed by atoms with van der Waals surface area (Å²) in [6.07, 6.45) is 8.20. The van der Waals surface area contributed by atoms with Gasteiger partial charge in [-0.15, -0.1) is 0 Å². The van der Waals surface area contributed by atoms with Crippen molar-refractivity contribution in [3.8, 4) is 45.0 Å². The third kappa shape index (κ3) is 4.12. The number of hydrogen-bond donors (Lipinski definition) is 0. The fraction of sp³-hybridized carbons (Fsp3) is 0.0208. The molecule has 6 aromatic carbocycles. The smallest absolute Gasteiger partial charge is 0.160 e. The van der Waals surface area contributed by atoms with E-state index in [1.807, 2.05) is 42.6 Å². The summed E-state index contributed by atoms with van der Waals surface area (Å²) in [7, 11) is 0. The van der Waals surface area contributed by atoms with E-state index < -0.39 is 5.41 Å². The number of furan rings is 1. The molecule has 9 aromatic rings. The lowest BCUT2D eigenvalue weighted by atomic mass is 9.65. The standard InChI is InChI=1S/C48H29N3O/c1-2-12-32(13-3-1)47-50-43(28-44(51-47)34-14-10-24-49-29-34)33-23-22-31-21-20-30-11-4-7-17-39(30)48(41(31)25-33)40-18-8-5-15-35(40)37-27-46-38(26-42(37)48)36-16-6-9-19-45(36)52-46/h1-29H. The van der Waals surface area contributed by atoms with Gasteiger partial charge in [0.1, 0.15) is 11.2 Å².